The zero-order chi connectivity index (χ0) is 18.7. The molecule has 3 rings (SSSR count). The topological polar surface area (TPSA) is 99.9 Å². The third-order valence-corrected chi connectivity index (χ3v) is 3.97. The second-order valence-corrected chi connectivity index (χ2v) is 5.86. The lowest BCUT2D eigenvalue weighted by Gasteiger charge is -2.17. The minimum Gasteiger partial charge on any atom is -0.467 e. The number of carbonyl (C=O) groups is 4. The quantitative estimate of drug-likeness (QED) is 0.624. The molecule has 0 aliphatic carbocycles. The Kier molecular flexibility index (Phi) is 4.83. The second kappa shape index (κ2) is 7.22. The predicted molar refractivity (Wildman–Crippen MR) is 89.4 cm³/mol. The molecular weight excluding hydrogens is 338 g/mol. The van der Waals surface area contributed by atoms with E-state index in [1.165, 1.54) is 6.26 Å². The number of furan rings is 1. The first kappa shape index (κ1) is 17.4. The molecule has 134 valence electrons. The molecule has 1 aliphatic heterocycles. The molecule has 1 fully saturated rings. The lowest BCUT2D eigenvalue weighted by Crippen LogP contribution is -2.42. The lowest BCUT2D eigenvalue weighted by atomic mass is 10.2. The van der Waals surface area contributed by atoms with Gasteiger partial charge in [-0.15, -0.1) is 0 Å². The van der Waals surface area contributed by atoms with Gasteiger partial charge in [0.05, 0.1) is 18.8 Å². The van der Waals surface area contributed by atoms with Gasteiger partial charge in [0.1, 0.15) is 12.3 Å². The van der Waals surface area contributed by atoms with Crippen LogP contribution in [0.4, 0.5) is 4.79 Å². The van der Waals surface area contributed by atoms with E-state index in [0.29, 0.717) is 16.2 Å². The van der Waals surface area contributed by atoms with E-state index < -0.39 is 36.3 Å². The van der Waals surface area contributed by atoms with Crippen LogP contribution in [0.2, 0.25) is 0 Å². The SMILES string of the molecule is C[C@@H](NC(=O)CN1C(=O)C(=O)N(Cc2ccccc2)C1=O)c1ccco1. The Balaban J connectivity index is 1.64. The summed E-state index contributed by atoms with van der Waals surface area (Å²) in [6, 6.07) is 11.0. The fourth-order valence-corrected chi connectivity index (χ4v) is 2.63. The maximum atomic E-state index is 12.4. The van der Waals surface area contributed by atoms with Crippen molar-refractivity contribution in [2.45, 2.75) is 19.5 Å². The summed E-state index contributed by atoms with van der Waals surface area (Å²) < 4.78 is 5.18. The highest BCUT2D eigenvalue weighted by Crippen LogP contribution is 2.16. The second-order valence-electron chi connectivity index (χ2n) is 5.86. The Morgan fingerprint density at radius 1 is 1.04 bits per heavy atom. The van der Waals surface area contributed by atoms with Crippen molar-refractivity contribution in [3.63, 3.8) is 0 Å². The molecule has 1 saturated heterocycles. The number of urea groups is 1. The van der Waals surface area contributed by atoms with Gasteiger partial charge in [-0.25, -0.2) is 9.69 Å². The highest BCUT2D eigenvalue weighted by Gasteiger charge is 2.45. The highest BCUT2D eigenvalue weighted by molar-refractivity contribution is 6.44. The molecular formula is C18H17N3O5. The van der Waals surface area contributed by atoms with Crippen LogP contribution in [-0.4, -0.2) is 40.1 Å². The van der Waals surface area contributed by atoms with Gasteiger partial charge >= 0.3 is 17.8 Å². The average Bonchev–Trinajstić information content (AvgIpc) is 3.23. The predicted octanol–water partition coefficient (Wildman–Crippen LogP) is 1.45. The Morgan fingerprint density at radius 3 is 2.38 bits per heavy atom. The van der Waals surface area contributed by atoms with Gasteiger partial charge in [0.2, 0.25) is 5.91 Å². The van der Waals surface area contributed by atoms with Crippen molar-refractivity contribution in [1.29, 1.82) is 0 Å². The number of nitrogens with zero attached hydrogens (tertiary/aromatic N) is 2. The van der Waals surface area contributed by atoms with Crippen LogP contribution in [0.25, 0.3) is 0 Å². The van der Waals surface area contributed by atoms with Gasteiger partial charge in [0.25, 0.3) is 0 Å². The van der Waals surface area contributed by atoms with Crippen LogP contribution in [0, 0.1) is 0 Å². The molecule has 26 heavy (non-hydrogen) atoms. The zero-order valence-electron chi connectivity index (χ0n) is 14.0. The molecule has 0 saturated carbocycles. The van der Waals surface area contributed by atoms with E-state index in [-0.39, 0.29) is 6.54 Å². The molecule has 0 bridgehead atoms. The zero-order valence-corrected chi connectivity index (χ0v) is 14.0. The first-order valence-electron chi connectivity index (χ1n) is 8.01. The van der Waals surface area contributed by atoms with Crippen LogP contribution in [0.1, 0.15) is 24.3 Å². The van der Waals surface area contributed by atoms with Gasteiger partial charge in [-0.1, -0.05) is 30.3 Å². The third kappa shape index (κ3) is 3.49. The summed E-state index contributed by atoms with van der Waals surface area (Å²) in [6.45, 7) is 1.15. The molecule has 8 nitrogen and oxygen atoms in total. The van der Waals surface area contributed by atoms with Crippen molar-refractivity contribution < 1.29 is 23.6 Å². The van der Waals surface area contributed by atoms with Gasteiger partial charge < -0.3 is 9.73 Å². The molecule has 0 spiro atoms. The van der Waals surface area contributed by atoms with E-state index in [2.05, 4.69) is 5.32 Å². The molecule has 1 aromatic heterocycles. The molecule has 1 aromatic carbocycles. The Labute approximate surface area is 149 Å². The van der Waals surface area contributed by atoms with Crippen LogP contribution in [0.5, 0.6) is 0 Å². The lowest BCUT2D eigenvalue weighted by molar-refractivity contribution is -0.144. The average molecular weight is 355 g/mol. The van der Waals surface area contributed by atoms with E-state index in [9.17, 15) is 19.2 Å². The first-order valence-corrected chi connectivity index (χ1v) is 8.01. The molecule has 1 atom stereocenters. The van der Waals surface area contributed by atoms with Crippen molar-refractivity contribution in [1.82, 2.24) is 15.1 Å². The Bertz CT molecular complexity index is 832. The van der Waals surface area contributed by atoms with Crippen LogP contribution in [0.3, 0.4) is 0 Å². The minimum atomic E-state index is -1.01. The summed E-state index contributed by atoms with van der Waals surface area (Å²) >= 11 is 0. The van der Waals surface area contributed by atoms with Crippen molar-refractivity contribution in [3.05, 3.63) is 60.1 Å². The van der Waals surface area contributed by atoms with Crippen molar-refractivity contribution in [3.8, 4) is 0 Å². The summed E-state index contributed by atoms with van der Waals surface area (Å²) in [6.07, 6.45) is 1.48. The first-order chi connectivity index (χ1) is 12.5. The molecule has 2 aromatic rings. The molecule has 1 aliphatic rings. The van der Waals surface area contributed by atoms with Crippen LogP contribution >= 0.6 is 0 Å². The molecule has 0 radical (unpaired) electrons. The van der Waals surface area contributed by atoms with Gasteiger partial charge in [-0.05, 0) is 24.6 Å². The van der Waals surface area contributed by atoms with Crippen LogP contribution in [-0.2, 0) is 20.9 Å². The third-order valence-electron chi connectivity index (χ3n) is 3.97. The summed E-state index contributed by atoms with van der Waals surface area (Å²) in [5.41, 5.74) is 0.708. The number of carbonyl (C=O) groups excluding carboxylic acids is 4. The van der Waals surface area contributed by atoms with E-state index in [0.717, 1.165) is 4.90 Å². The summed E-state index contributed by atoms with van der Waals surface area (Å²) in [5, 5.41) is 2.62. The Morgan fingerprint density at radius 2 is 1.73 bits per heavy atom. The molecule has 0 unspecified atom stereocenters. The monoisotopic (exact) mass is 355 g/mol. The smallest absolute Gasteiger partial charge is 0.335 e. The Hall–Kier alpha value is -3.42. The number of benzene rings is 1. The van der Waals surface area contributed by atoms with E-state index >= 15 is 0 Å². The normalized spacial score (nSPS) is 15.5. The van der Waals surface area contributed by atoms with Gasteiger partial charge in [-0.3, -0.25) is 19.3 Å². The summed E-state index contributed by atoms with van der Waals surface area (Å²) in [5.74, 6) is -1.97. The number of amides is 5. The number of hydrogen-bond donors (Lipinski definition) is 1. The fourth-order valence-electron chi connectivity index (χ4n) is 2.63. The van der Waals surface area contributed by atoms with Gasteiger partial charge in [0.15, 0.2) is 0 Å². The van der Waals surface area contributed by atoms with Crippen molar-refractivity contribution in [2.24, 2.45) is 0 Å². The number of imide groups is 2. The number of hydrogen-bond acceptors (Lipinski definition) is 5. The largest absolute Gasteiger partial charge is 0.467 e. The van der Waals surface area contributed by atoms with Crippen molar-refractivity contribution in [2.75, 3.05) is 6.54 Å². The maximum absolute atomic E-state index is 12.4. The van der Waals surface area contributed by atoms with Crippen LogP contribution < -0.4 is 5.32 Å². The van der Waals surface area contributed by atoms with Gasteiger partial charge in [0, 0.05) is 0 Å². The standard InChI is InChI=1S/C18H17N3O5/c1-12(14-8-5-9-26-14)19-15(22)11-21-17(24)16(23)20(18(21)25)10-13-6-3-2-4-7-13/h2-9,12H,10-11H2,1H3,(H,19,22)/t12-/m1/s1. The van der Waals surface area contributed by atoms with Crippen molar-refractivity contribution >= 4 is 23.8 Å². The van der Waals surface area contributed by atoms with Gasteiger partial charge in [-0.2, -0.15) is 0 Å². The summed E-state index contributed by atoms with van der Waals surface area (Å²) in [4.78, 5) is 50.2. The fraction of sp³-hybridized carbons (Fsp3) is 0.222. The molecule has 8 heteroatoms. The maximum Gasteiger partial charge on any atom is 0.335 e. The molecule has 1 N–H and O–H groups in total. The van der Waals surface area contributed by atoms with E-state index in [4.69, 9.17) is 4.42 Å². The highest BCUT2D eigenvalue weighted by atomic mass is 16.3. The molecule has 5 amide bonds. The van der Waals surface area contributed by atoms with E-state index in [1.54, 1.807) is 49.4 Å². The van der Waals surface area contributed by atoms with E-state index in [1.807, 2.05) is 0 Å². The molecule has 2 heterocycles. The minimum absolute atomic E-state index is 0.0227. The number of rotatable bonds is 6. The van der Waals surface area contributed by atoms with Crippen LogP contribution in [0.15, 0.2) is 53.1 Å². The number of nitrogens with one attached hydrogen (secondary N) is 1. The summed E-state index contributed by atoms with van der Waals surface area (Å²) in [7, 11) is 0.